The van der Waals surface area contributed by atoms with Gasteiger partial charge in [-0.3, -0.25) is 14.2 Å². The summed E-state index contributed by atoms with van der Waals surface area (Å²) in [6.07, 6.45) is 6.37. The summed E-state index contributed by atoms with van der Waals surface area (Å²) in [7, 11) is 3.00. The minimum Gasteiger partial charge on any atom is -0.348 e. The molecule has 1 aromatic carbocycles. The SMILES string of the molecule is Cn1cc(C=CC(=O)N2CCn3cccc3C2c2ccccc2)c(=O)n(C)c1=O. The Kier molecular flexibility index (Phi) is 4.80. The average molecular weight is 390 g/mol. The molecule has 1 aliphatic heterocycles. The summed E-state index contributed by atoms with van der Waals surface area (Å²) in [6.45, 7) is 1.28. The van der Waals surface area contributed by atoms with E-state index in [2.05, 4.69) is 4.57 Å². The molecule has 2 aromatic heterocycles. The van der Waals surface area contributed by atoms with E-state index in [1.807, 2.05) is 53.6 Å². The van der Waals surface area contributed by atoms with E-state index in [1.54, 1.807) is 7.05 Å². The van der Waals surface area contributed by atoms with Gasteiger partial charge in [0.05, 0.1) is 11.6 Å². The third kappa shape index (κ3) is 3.35. The van der Waals surface area contributed by atoms with Crippen molar-refractivity contribution in [3.63, 3.8) is 0 Å². The molecule has 148 valence electrons. The first-order valence-electron chi connectivity index (χ1n) is 9.42. The number of carbonyl (C=O) groups excluding carboxylic acids is 1. The Morgan fingerprint density at radius 2 is 1.79 bits per heavy atom. The number of hydrogen-bond acceptors (Lipinski definition) is 3. The van der Waals surface area contributed by atoms with Crippen molar-refractivity contribution in [2.24, 2.45) is 14.1 Å². The highest BCUT2D eigenvalue weighted by Gasteiger charge is 2.30. The molecule has 0 radical (unpaired) electrons. The highest BCUT2D eigenvalue weighted by atomic mass is 16.2. The molecule has 1 aliphatic rings. The van der Waals surface area contributed by atoms with E-state index in [0.717, 1.165) is 15.8 Å². The highest BCUT2D eigenvalue weighted by Crippen LogP contribution is 2.32. The topological polar surface area (TPSA) is 69.2 Å². The van der Waals surface area contributed by atoms with Crippen LogP contribution in [0.25, 0.3) is 6.08 Å². The number of fused-ring (bicyclic) bond motifs is 1. The Morgan fingerprint density at radius 1 is 1.03 bits per heavy atom. The van der Waals surface area contributed by atoms with Gasteiger partial charge in [0.1, 0.15) is 0 Å². The molecule has 1 unspecified atom stereocenters. The van der Waals surface area contributed by atoms with Gasteiger partial charge < -0.3 is 14.0 Å². The molecule has 29 heavy (non-hydrogen) atoms. The van der Waals surface area contributed by atoms with Crippen LogP contribution in [0.15, 0.2) is 70.5 Å². The van der Waals surface area contributed by atoms with Crippen molar-refractivity contribution >= 4 is 12.0 Å². The molecule has 0 fully saturated rings. The molecule has 0 aliphatic carbocycles. The Hall–Kier alpha value is -3.61. The van der Waals surface area contributed by atoms with Gasteiger partial charge in [-0.25, -0.2) is 4.79 Å². The Bertz CT molecular complexity index is 1200. The molecule has 0 saturated carbocycles. The van der Waals surface area contributed by atoms with Crippen molar-refractivity contribution in [2.75, 3.05) is 6.54 Å². The smallest absolute Gasteiger partial charge is 0.330 e. The third-order valence-electron chi connectivity index (χ3n) is 5.32. The lowest BCUT2D eigenvalue weighted by Gasteiger charge is -2.36. The molecule has 1 atom stereocenters. The fourth-order valence-electron chi connectivity index (χ4n) is 3.81. The fourth-order valence-corrected chi connectivity index (χ4v) is 3.81. The van der Waals surface area contributed by atoms with Gasteiger partial charge in [-0.2, -0.15) is 0 Å². The van der Waals surface area contributed by atoms with Crippen LogP contribution in [0.4, 0.5) is 0 Å². The van der Waals surface area contributed by atoms with Gasteiger partial charge in [-0.15, -0.1) is 0 Å². The molecule has 7 nitrogen and oxygen atoms in total. The lowest BCUT2D eigenvalue weighted by atomic mass is 10.00. The van der Waals surface area contributed by atoms with Gasteiger partial charge in [-0.05, 0) is 23.8 Å². The van der Waals surface area contributed by atoms with Crippen LogP contribution in [0.2, 0.25) is 0 Å². The summed E-state index contributed by atoms with van der Waals surface area (Å²) >= 11 is 0. The van der Waals surface area contributed by atoms with Gasteiger partial charge >= 0.3 is 5.69 Å². The van der Waals surface area contributed by atoms with E-state index < -0.39 is 11.2 Å². The second kappa shape index (κ2) is 7.43. The van der Waals surface area contributed by atoms with E-state index >= 15 is 0 Å². The number of aromatic nitrogens is 3. The quantitative estimate of drug-likeness (QED) is 0.637. The zero-order valence-electron chi connectivity index (χ0n) is 16.4. The molecule has 1 amide bonds. The molecule has 0 bridgehead atoms. The number of rotatable bonds is 3. The first kappa shape index (κ1) is 18.7. The summed E-state index contributed by atoms with van der Waals surface area (Å²) < 4.78 is 4.52. The van der Waals surface area contributed by atoms with Crippen LogP contribution in [0.5, 0.6) is 0 Å². The van der Waals surface area contributed by atoms with Gasteiger partial charge in [0.15, 0.2) is 0 Å². The molecule has 7 heteroatoms. The molecule has 3 aromatic rings. The van der Waals surface area contributed by atoms with E-state index in [0.29, 0.717) is 18.7 Å². The van der Waals surface area contributed by atoms with Crippen LogP contribution >= 0.6 is 0 Å². The predicted molar refractivity (Wildman–Crippen MR) is 110 cm³/mol. The van der Waals surface area contributed by atoms with Crippen molar-refractivity contribution in [3.05, 3.63) is 98.6 Å². The molecule has 0 spiro atoms. The van der Waals surface area contributed by atoms with Gasteiger partial charge in [0, 0.05) is 51.3 Å². The summed E-state index contributed by atoms with van der Waals surface area (Å²) in [5.74, 6) is -0.179. The first-order chi connectivity index (χ1) is 14.0. The number of benzene rings is 1. The zero-order valence-corrected chi connectivity index (χ0v) is 16.4. The molecular formula is C22H22N4O3. The van der Waals surface area contributed by atoms with Crippen LogP contribution in [-0.4, -0.2) is 31.1 Å². The van der Waals surface area contributed by atoms with E-state index in [-0.39, 0.29) is 11.9 Å². The molecule has 3 heterocycles. The fraction of sp³-hybridized carbons (Fsp3) is 0.227. The predicted octanol–water partition coefficient (Wildman–Crippen LogP) is 1.53. The highest BCUT2D eigenvalue weighted by molar-refractivity contribution is 5.92. The van der Waals surface area contributed by atoms with Crippen LogP contribution in [-0.2, 0) is 25.4 Å². The van der Waals surface area contributed by atoms with Crippen LogP contribution < -0.4 is 11.2 Å². The second-order valence-corrected chi connectivity index (χ2v) is 7.15. The zero-order chi connectivity index (χ0) is 20.5. The largest absolute Gasteiger partial charge is 0.348 e. The van der Waals surface area contributed by atoms with Gasteiger partial charge in [0.25, 0.3) is 5.56 Å². The van der Waals surface area contributed by atoms with E-state index in [4.69, 9.17) is 0 Å². The number of nitrogens with zero attached hydrogens (tertiary/aromatic N) is 4. The first-order valence-corrected chi connectivity index (χ1v) is 9.42. The minimum atomic E-state index is -0.427. The summed E-state index contributed by atoms with van der Waals surface area (Å²) in [5.41, 5.74) is 1.55. The minimum absolute atomic E-state index is 0.179. The van der Waals surface area contributed by atoms with Gasteiger partial charge in [-0.1, -0.05) is 30.3 Å². The maximum Gasteiger partial charge on any atom is 0.330 e. The molecule has 0 saturated heterocycles. The number of amides is 1. The normalized spacial score (nSPS) is 16.2. The van der Waals surface area contributed by atoms with Crippen LogP contribution in [0.3, 0.4) is 0 Å². The van der Waals surface area contributed by atoms with E-state index in [9.17, 15) is 14.4 Å². The lowest BCUT2D eigenvalue weighted by molar-refractivity contribution is -0.128. The van der Waals surface area contributed by atoms with Crippen LogP contribution in [0.1, 0.15) is 22.9 Å². The number of hydrogen-bond donors (Lipinski definition) is 0. The average Bonchev–Trinajstić information content (AvgIpc) is 3.22. The van der Waals surface area contributed by atoms with Crippen LogP contribution in [0, 0.1) is 0 Å². The Balaban J connectivity index is 1.69. The molecule has 0 N–H and O–H groups in total. The monoisotopic (exact) mass is 390 g/mol. The Morgan fingerprint density at radius 3 is 2.55 bits per heavy atom. The van der Waals surface area contributed by atoms with Gasteiger partial charge in [0.2, 0.25) is 5.91 Å². The summed E-state index contributed by atoms with van der Waals surface area (Å²) in [5, 5.41) is 0. The van der Waals surface area contributed by atoms with Crippen molar-refractivity contribution in [2.45, 2.75) is 12.6 Å². The standard InChI is InChI=1S/C22H22N4O3/c1-23-15-17(21(28)24(2)22(23)29)10-11-19(27)26-14-13-25-12-6-9-18(25)20(26)16-7-4-3-5-8-16/h3-12,15,20H,13-14H2,1-2H3. The molecule has 4 rings (SSSR count). The summed E-state index contributed by atoms with van der Waals surface area (Å²) in [6, 6.07) is 13.7. The number of carbonyl (C=O) groups is 1. The lowest BCUT2D eigenvalue weighted by Crippen LogP contribution is -2.41. The maximum absolute atomic E-state index is 13.1. The van der Waals surface area contributed by atoms with Crippen molar-refractivity contribution in [1.82, 2.24) is 18.6 Å². The second-order valence-electron chi connectivity index (χ2n) is 7.15. The maximum atomic E-state index is 13.1. The van der Waals surface area contributed by atoms with E-state index in [1.165, 1.54) is 30.0 Å². The van der Waals surface area contributed by atoms with Crippen molar-refractivity contribution in [1.29, 1.82) is 0 Å². The molecular weight excluding hydrogens is 368 g/mol. The number of aryl methyl sites for hydroxylation is 1. The summed E-state index contributed by atoms with van der Waals surface area (Å²) in [4.78, 5) is 39.1. The van der Waals surface area contributed by atoms with Crippen molar-refractivity contribution < 1.29 is 4.79 Å². The Labute approximate surface area is 167 Å². The van der Waals surface area contributed by atoms with Crippen molar-refractivity contribution in [3.8, 4) is 0 Å². The third-order valence-corrected chi connectivity index (χ3v) is 5.32.